The lowest BCUT2D eigenvalue weighted by Gasteiger charge is -2.36. The Labute approximate surface area is 130 Å². The molecule has 1 aromatic rings. The van der Waals surface area contributed by atoms with Gasteiger partial charge in [0.25, 0.3) is 0 Å². The molecule has 2 aliphatic heterocycles. The van der Waals surface area contributed by atoms with E-state index in [-0.39, 0.29) is 18.0 Å². The molecule has 3 rings (SSSR count). The fourth-order valence-corrected chi connectivity index (χ4v) is 3.03. The summed E-state index contributed by atoms with van der Waals surface area (Å²) in [5.41, 5.74) is 0.950. The Bertz CT molecular complexity index is 532. The summed E-state index contributed by atoms with van der Waals surface area (Å²) in [6.07, 6.45) is 0.662. The molecular weight excluding hydrogens is 285 g/mol. The van der Waals surface area contributed by atoms with E-state index in [9.17, 15) is 9.18 Å². The number of carbonyl (C=O) groups excluding carboxylic acids is 1. The third-order valence-electron chi connectivity index (χ3n) is 4.37. The van der Waals surface area contributed by atoms with Gasteiger partial charge in [0.1, 0.15) is 11.9 Å². The van der Waals surface area contributed by atoms with Crippen LogP contribution in [0, 0.1) is 5.82 Å². The average Bonchev–Trinajstić information content (AvgIpc) is 2.84. The number of hydrogen-bond acceptors (Lipinski definition) is 4. The van der Waals surface area contributed by atoms with Crippen molar-refractivity contribution in [3.63, 3.8) is 0 Å². The van der Waals surface area contributed by atoms with Gasteiger partial charge < -0.3 is 14.5 Å². The Kier molecular flexibility index (Phi) is 4.47. The van der Waals surface area contributed by atoms with Crippen molar-refractivity contribution in [3.8, 4) is 0 Å². The number of ether oxygens (including phenoxy) is 1. The van der Waals surface area contributed by atoms with E-state index < -0.39 is 0 Å². The van der Waals surface area contributed by atoms with Crippen molar-refractivity contribution in [2.45, 2.75) is 12.5 Å². The van der Waals surface area contributed by atoms with Crippen LogP contribution < -0.4 is 4.90 Å². The van der Waals surface area contributed by atoms with Gasteiger partial charge in [0.2, 0.25) is 0 Å². The Morgan fingerprint density at radius 1 is 1.27 bits per heavy atom. The molecule has 22 heavy (non-hydrogen) atoms. The lowest BCUT2D eigenvalue weighted by atomic mass is 10.2. The summed E-state index contributed by atoms with van der Waals surface area (Å²) in [7, 11) is 1.76. The van der Waals surface area contributed by atoms with Crippen LogP contribution in [0.15, 0.2) is 24.3 Å². The lowest BCUT2D eigenvalue weighted by Crippen LogP contribution is -2.47. The third kappa shape index (κ3) is 3.50. The summed E-state index contributed by atoms with van der Waals surface area (Å²) in [6.45, 7) is 5.31. The molecule has 0 radical (unpaired) electrons. The fraction of sp³-hybridized carbons (Fsp3) is 0.562. The molecule has 1 atom stereocenters. The summed E-state index contributed by atoms with van der Waals surface area (Å²) >= 11 is 0. The van der Waals surface area contributed by atoms with Gasteiger partial charge in [-0.15, -0.1) is 0 Å². The number of piperazine rings is 1. The van der Waals surface area contributed by atoms with Gasteiger partial charge in [-0.25, -0.2) is 9.18 Å². The van der Waals surface area contributed by atoms with Crippen molar-refractivity contribution in [2.75, 3.05) is 51.2 Å². The van der Waals surface area contributed by atoms with E-state index in [0.29, 0.717) is 6.54 Å². The van der Waals surface area contributed by atoms with Crippen LogP contribution in [0.5, 0.6) is 0 Å². The third-order valence-corrected chi connectivity index (χ3v) is 4.37. The Hall–Kier alpha value is -1.82. The number of benzene rings is 1. The second-order valence-corrected chi connectivity index (χ2v) is 5.98. The number of likely N-dealkylation sites (N-methyl/N-ethyl adjacent to an activating group) is 1. The number of anilines is 1. The second-order valence-electron chi connectivity index (χ2n) is 5.98. The zero-order chi connectivity index (χ0) is 15.5. The molecule has 2 heterocycles. The highest BCUT2D eigenvalue weighted by atomic mass is 19.1. The molecule has 6 heteroatoms. The number of hydrogen-bond donors (Lipinski definition) is 0. The number of halogens is 1. The van der Waals surface area contributed by atoms with Crippen LogP contribution in [0.3, 0.4) is 0 Å². The Morgan fingerprint density at radius 2 is 2.05 bits per heavy atom. The average molecular weight is 307 g/mol. The standard InChI is InChI=1S/C16H22FN3O2/c1-18-12-15(22-16(18)21)5-6-19-7-9-20(10-8-19)14-4-2-3-13(17)11-14/h2-4,11,15H,5-10,12H2,1H3. The van der Waals surface area contributed by atoms with E-state index in [1.54, 1.807) is 24.1 Å². The van der Waals surface area contributed by atoms with Gasteiger partial charge in [-0.2, -0.15) is 0 Å². The van der Waals surface area contributed by atoms with Crippen LogP contribution in [0.2, 0.25) is 0 Å². The first-order valence-corrected chi connectivity index (χ1v) is 7.76. The SMILES string of the molecule is CN1CC(CCN2CCN(c3cccc(F)c3)CC2)OC1=O. The largest absolute Gasteiger partial charge is 0.444 e. The molecule has 0 bridgehead atoms. The molecule has 0 aliphatic carbocycles. The molecule has 0 aromatic heterocycles. The van der Waals surface area contributed by atoms with E-state index in [2.05, 4.69) is 9.80 Å². The van der Waals surface area contributed by atoms with Crippen molar-refractivity contribution < 1.29 is 13.9 Å². The van der Waals surface area contributed by atoms with Gasteiger partial charge in [-0.05, 0) is 24.6 Å². The predicted octanol–water partition coefficient (Wildman–Crippen LogP) is 1.79. The molecule has 2 aliphatic rings. The van der Waals surface area contributed by atoms with Crippen molar-refractivity contribution in [1.82, 2.24) is 9.80 Å². The smallest absolute Gasteiger partial charge is 0.409 e. The molecule has 5 nitrogen and oxygen atoms in total. The van der Waals surface area contributed by atoms with Crippen LogP contribution in [-0.2, 0) is 4.74 Å². The molecule has 0 spiro atoms. The van der Waals surface area contributed by atoms with Crippen LogP contribution in [0.1, 0.15) is 6.42 Å². The zero-order valence-corrected chi connectivity index (χ0v) is 12.9. The molecular formula is C16H22FN3O2. The Balaban J connectivity index is 1.43. The minimum absolute atomic E-state index is 0.0127. The lowest BCUT2D eigenvalue weighted by molar-refractivity contribution is 0.121. The first kappa shape index (κ1) is 15.1. The van der Waals surface area contributed by atoms with Gasteiger partial charge in [0, 0.05) is 45.5 Å². The van der Waals surface area contributed by atoms with Crippen LogP contribution in [0.25, 0.3) is 0 Å². The highest BCUT2D eigenvalue weighted by molar-refractivity contribution is 5.69. The monoisotopic (exact) mass is 307 g/mol. The molecule has 0 N–H and O–H groups in total. The number of cyclic esters (lactones) is 1. The number of amides is 1. The van der Waals surface area contributed by atoms with Gasteiger partial charge in [-0.3, -0.25) is 4.90 Å². The molecule has 2 fully saturated rings. The van der Waals surface area contributed by atoms with Crippen LogP contribution >= 0.6 is 0 Å². The van der Waals surface area contributed by atoms with Crippen LogP contribution in [-0.4, -0.2) is 68.3 Å². The molecule has 0 saturated carbocycles. The number of nitrogens with zero attached hydrogens (tertiary/aromatic N) is 3. The minimum atomic E-state index is -0.221. The van der Waals surface area contributed by atoms with E-state index in [1.165, 1.54) is 6.07 Å². The van der Waals surface area contributed by atoms with Gasteiger partial charge in [0.15, 0.2) is 0 Å². The number of carbonyl (C=O) groups is 1. The maximum atomic E-state index is 13.3. The highest BCUT2D eigenvalue weighted by Gasteiger charge is 2.28. The van der Waals surface area contributed by atoms with Crippen molar-refractivity contribution in [1.29, 1.82) is 0 Å². The molecule has 1 amide bonds. The molecule has 120 valence electrons. The maximum Gasteiger partial charge on any atom is 0.409 e. The van der Waals surface area contributed by atoms with Gasteiger partial charge in [0.05, 0.1) is 6.54 Å². The first-order valence-electron chi connectivity index (χ1n) is 7.76. The van der Waals surface area contributed by atoms with E-state index in [0.717, 1.165) is 44.8 Å². The summed E-state index contributed by atoms with van der Waals surface area (Å²) in [5, 5.41) is 0. The predicted molar refractivity (Wildman–Crippen MR) is 82.6 cm³/mol. The quantitative estimate of drug-likeness (QED) is 0.850. The summed E-state index contributed by atoms with van der Waals surface area (Å²) in [6, 6.07) is 6.76. The zero-order valence-electron chi connectivity index (χ0n) is 12.9. The minimum Gasteiger partial charge on any atom is -0.444 e. The number of rotatable bonds is 4. The van der Waals surface area contributed by atoms with Gasteiger partial charge in [-0.1, -0.05) is 6.07 Å². The molecule has 1 aromatic carbocycles. The molecule has 2 saturated heterocycles. The second kappa shape index (κ2) is 6.52. The summed E-state index contributed by atoms with van der Waals surface area (Å²) in [5.74, 6) is -0.188. The van der Waals surface area contributed by atoms with Crippen molar-refractivity contribution in [3.05, 3.63) is 30.1 Å². The summed E-state index contributed by atoms with van der Waals surface area (Å²) in [4.78, 5) is 17.5. The van der Waals surface area contributed by atoms with E-state index in [1.807, 2.05) is 6.07 Å². The fourth-order valence-electron chi connectivity index (χ4n) is 3.03. The van der Waals surface area contributed by atoms with Crippen LogP contribution in [0.4, 0.5) is 14.9 Å². The normalized spacial score (nSPS) is 23.0. The topological polar surface area (TPSA) is 36.0 Å². The van der Waals surface area contributed by atoms with Crippen molar-refractivity contribution >= 4 is 11.8 Å². The van der Waals surface area contributed by atoms with Gasteiger partial charge >= 0.3 is 6.09 Å². The summed E-state index contributed by atoms with van der Waals surface area (Å²) < 4.78 is 18.5. The molecule has 1 unspecified atom stereocenters. The Morgan fingerprint density at radius 3 is 2.68 bits per heavy atom. The van der Waals surface area contributed by atoms with E-state index in [4.69, 9.17) is 4.74 Å². The highest BCUT2D eigenvalue weighted by Crippen LogP contribution is 2.18. The first-order chi connectivity index (χ1) is 10.6. The maximum absolute atomic E-state index is 13.3. The van der Waals surface area contributed by atoms with Crippen molar-refractivity contribution in [2.24, 2.45) is 0 Å². The van der Waals surface area contributed by atoms with E-state index >= 15 is 0 Å².